The molecule has 0 heterocycles. The molecule has 1 aromatic carbocycles. The Hall–Kier alpha value is -1.43. The average molecular weight is 252 g/mol. The Morgan fingerprint density at radius 3 is 2.50 bits per heavy atom. The maximum atomic E-state index is 10.5. The maximum absolute atomic E-state index is 10.5. The van der Waals surface area contributed by atoms with E-state index in [1.807, 2.05) is 24.3 Å². The molecule has 0 fully saturated rings. The summed E-state index contributed by atoms with van der Waals surface area (Å²) < 4.78 is 5.05. The standard InChI is InChI=1S/C13H20N2O3/c1-18-12-6-3-10(4-7-12)2-5-11(17)8-13(14,15)9-16/h3-4,6-7,9,11,17H,2,5,8,14-15H2,1H3. The van der Waals surface area contributed by atoms with Crippen LogP contribution in [0.15, 0.2) is 24.3 Å². The smallest absolute Gasteiger partial charge is 0.154 e. The number of hydrogen-bond donors (Lipinski definition) is 3. The molecule has 0 radical (unpaired) electrons. The molecule has 0 aliphatic heterocycles. The van der Waals surface area contributed by atoms with E-state index >= 15 is 0 Å². The van der Waals surface area contributed by atoms with E-state index in [2.05, 4.69) is 0 Å². The first-order valence-corrected chi connectivity index (χ1v) is 5.82. The van der Waals surface area contributed by atoms with E-state index in [0.29, 0.717) is 19.1 Å². The van der Waals surface area contributed by atoms with Gasteiger partial charge in [0, 0.05) is 6.42 Å². The molecule has 0 aliphatic rings. The summed E-state index contributed by atoms with van der Waals surface area (Å²) in [5.74, 6) is 0.795. The van der Waals surface area contributed by atoms with Gasteiger partial charge in [0.1, 0.15) is 11.4 Å². The topological polar surface area (TPSA) is 98.6 Å². The molecular formula is C13H20N2O3. The highest BCUT2D eigenvalue weighted by atomic mass is 16.5. The van der Waals surface area contributed by atoms with Gasteiger partial charge in [-0.2, -0.15) is 0 Å². The van der Waals surface area contributed by atoms with Gasteiger partial charge >= 0.3 is 0 Å². The molecule has 5 heteroatoms. The lowest BCUT2D eigenvalue weighted by Crippen LogP contribution is -2.53. The van der Waals surface area contributed by atoms with Crippen LogP contribution in [-0.4, -0.2) is 30.3 Å². The van der Waals surface area contributed by atoms with E-state index in [1.165, 1.54) is 0 Å². The third-order valence-corrected chi connectivity index (χ3v) is 2.73. The number of methoxy groups -OCH3 is 1. The molecule has 100 valence electrons. The second-order valence-electron chi connectivity index (χ2n) is 4.47. The van der Waals surface area contributed by atoms with Crippen LogP contribution in [0.25, 0.3) is 0 Å². The number of nitrogens with two attached hydrogens (primary N) is 2. The molecule has 0 amide bonds. The predicted octanol–water partition coefficient (Wildman–Crippen LogP) is 0.191. The van der Waals surface area contributed by atoms with Gasteiger partial charge in [0.2, 0.25) is 0 Å². The number of benzene rings is 1. The van der Waals surface area contributed by atoms with E-state index in [1.54, 1.807) is 7.11 Å². The molecule has 18 heavy (non-hydrogen) atoms. The first kappa shape index (κ1) is 14.6. The number of aliphatic hydroxyl groups excluding tert-OH is 1. The molecule has 1 aromatic rings. The fourth-order valence-corrected chi connectivity index (χ4v) is 1.68. The number of hydrogen-bond acceptors (Lipinski definition) is 5. The van der Waals surface area contributed by atoms with E-state index in [0.717, 1.165) is 11.3 Å². The van der Waals surface area contributed by atoms with Crippen molar-refractivity contribution in [2.24, 2.45) is 11.5 Å². The molecule has 5 N–H and O–H groups in total. The van der Waals surface area contributed by atoms with Crippen LogP contribution >= 0.6 is 0 Å². The predicted molar refractivity (Wildman–Crippen MR) is 69.1 cm³/mol. The summed E-state index contributed by atoms with van der Waals surface area (Å²) >= 11 is 0. The van der Waals surface area contributed by atoms with Gasteiger partial charge in [0.05, 0.1) is 13.2 Å². The second-order valence-corrected chi connectivity index (χ2v) is 4.47. The molecular weight excluding hydrogens is 232 g/mol. The monoisotopic (exact) mass is 252 g/mol. The van der Waals surface area contributed by atoms with Crippen LogP contribution in [-0.2, 0) is 11.2 Å². The minimum absolute atomic E-state index is 0.0622. The van der Waals surface area contributed by atoms with E-state index < -0.39 is 11.8 Å². The van der Waals surface area contributed by atoms with Crippen LogP contribution in [0.3, 0.4) is 0 Å². The molecule has 0 saturated carbocycles. The van der Waals surface area contributed by atoms with Gasteiger partial charge in [-0.15, -0.1) is 0 Å². The van der Waals surface area contributed by atoms with E-state index in [4.69, 9.17) is 16.2 Å². The zero-order valence-corrected chi connectivity index (χ0v) is 10.5. The van der Waals surface area contributed by atoms with Gasteiger partial charge in [-0.1, -0.05) is 12.1 Å². The summed E-state index contributed by atoms with van der Waals surface area (Å²) in [7, 11) is 1.61. The van der Waals surface area contributed by atoms with Crippen molar-refractivity contribution in [3.8, 4) is 5.75 Å². The van der Waals surface area contributed by atoms with Gasteiger partial charge in [0.15, 0.2) is 6.29 Å². The molecule has 0 bridgehead atoms. The molecule has 1 rings (SSSR count). The number of ether oxygens (including phenoxy) is 1. The minimum Gasteiger partial charge on any atom is -0.497 e. The van der Waals surface area contributed by atoms with Gasteiger partial charge in [0.25, 0.3) is 0 Å². The number of aldehydes is 1. The largest absolute Gasteiger partial charge is 0.497 e. The van der Waals surface area contributed by atoms with Crippen LogP contribution < -0.4 is 16.2 Å². The van der Waals surface area contributed by atoms with Gasteiger partial charge in [-0.05, 0) is 30.5 Å². The third-order valence-electron chi connectivity index (χ3n) is 2.73. The fourth-order valence-electron chi connectivity index (χ4n) is 1.68. The molecule has 0 aliphatic carbocycles. The number of carbonyl (C=O) groups excluding carboxylic acids is 1. The summed E-state index contributed by atoms with van der Waals surface area (Å²) in [6.45, 7) is 0. The normalized spacial score (nSPS) is 13.1. The molecule has 0 spiro atoms. The van der Waals surface area contributed by atoms with Gasteiger partial charge in [-0.25, -0.2) is 0 Å². The number of carbonyl (C=O) groups is 1. The Labute approximate surface area is 107 Å². The Morgan fingerprint density at radius 1 is 1.39 bits per heavy atom. The zero-order valence-electron chi connectivity index (χ0n) is 10.5. The van der Waals surface area contributed by atoms with Crippen molar-refractivity contribution in [2.45, 2.75) is 31.0 Å². The molecule has 0 aromatic heterocycles. The summed E-state index contributed by atoms with van der Waals surface area (Å²) in [5.41, 5.74) is 10.6. The SMILES string of the molecule is COc1ccc(CCC(O)CC(N)(N)C=O)cc1. The van der Waals surface area contributed by atoms with Crippen LogP contribution in [0.2, 0.25) is 0 Å². The lowest BCUT2D eigenvalue weighted by Gasteiger charge is -2.20. The summed E-state index contributed by atoms with van der Waals surface area (Å²) in [6.07, 6.45) is 1.04. The van der Waals surface area contributed by atoms with Crippen molar-refractivity contribution in [2.75, 3.05) is 7.11 Å². The number of rotatable bonds is 7. The second kappa shape index (κ2) is 6.49. The van der Waals surface area contributed by atoms with E-state index in [9.17, 15) is 9.90 Å². The van der Waals surface area contributed by atoms with Crippen molar-refractivity contribution >= 4 is 6.29 Å². The molecule has 0 saturated heterocycles. The highest BCUT2D eigenvalue weighted by molar-refractivity contribution is 5.62. The minimum atomic E-state index is -1.45. The first-order valence-electron chi connectivity index (χ1n) is 5.82. The Kier molecular flexibility index (Phi) is 5.27. The fraction of sp³-hybridized carbons (Fsp3) is 0.462. The van der Waals surface area contributed by atoms with Crippen molar-refractivity contribution in [3.05, 3.63) is 29.8 Å². The van der Waals surface area contributed by atoms with Gasteiger partial charge in [-0.3, -0.25) is 4.79 Å². The lowest BCUT2D eigenvalue weighted by atomic mass is 9.99. The van der Waals surface area contributed by atoms with E-state index in [-0.39, 0.29) is 6.42 Å². The van der Waals surface area contributed by atoms with Crippen LogP contribution in [0.4, 0.5) is 0 Å². The molecule has 5 nitrogen and oxygen atoms in total. The van der Waals surface area contributed by atoms with Crippen molar-refractivity contribution in [1.82, 2.24) is 0 Å². The average Bonchev–Trinajstić information content (AvgIpc) is 2.36. The third kappa shape index (κ3) is 4.83. The van der Waals surface area contributed by atoms with Crippen molar-refractivity contribution in [3.63, 3.8) is 0 Å². The zero-order chi connectivity index (χ0) is 13.6. The number of aryl methyl sites for hydroxylation is 1. The number of aliphatic hydroxyl groups is 1. The summed E-state index contributed by atoms with van der Waals surface area (Å²) in [5, 5.41) is 9.73. The Balaban J connectivity index is 2.42. The summed E-state index contributed by atoms with van der Waals surface area (Å²) in [6, 6.07) is 7.60. The Bertz CT molecular complexity index is 376. The first-order chi connectivity index (χ1) is 8.46. The quantitative estimate of drug-likeness (QED) is 0.475. The van der Waals surface area contributed by atoms with Crippen LogP contribution in [0.5, 0.6) is 5.75 Å². The lowest BCUT2D eigenvalue weighted by molar-refractivity contribution is -0.113. The van der Waals surface area contributed by atoms with Gasteiger partial charge < -0.3 is 21.3 Å². The maximum Gasteiger partial charge on any atom is 0.154 e. The van der Waals surface area contributed by atoms with Crippen LogP contribution in [0, 0.1) is 0 Å². The highest BCUT2D eigenvalue weighted by Gasteiger charge is 2.22. The van der Waals surface area contributed by atoms with Crippen LogP contribution in [0.1, 0.15) is 18.4 Å². The molecule has 1 atom stereocenters. The van der Waals surface area contributed by atoms with Crippen molar-refractivity contribution in [1.29, 1.82) is 0 Å². The summed E-state index contributed by atoms with van der Waals surface area (Å²) in [4.78, 5) is 10.5. The van der Waals surface area contributed by atoms with Crippen molar-refractivity contribution < 1.29 is 14.6 Å². The highest BCUT2D eigenvalue weighted by Crippen LogP contribution is 2.14. The molecule has 1 unspecified atom stereocenters. The Morgan fingerprint density at radius 2 is 2.00 bits per heavy atom.